The maximum absolute atomic E-state index is 11.2. The minimum atomic E-state index is -0.869. The van der Waals surface area contributed by atoms with Gasteiger partial charge in [0.2, 0.25) is 5.91 Å². The number of carboxylic acids is 1. The Morgan fingerprint density at radius 2 is 1.80 bits per heavy atom. The monoisotopic (exact) mass is 216 g/mol. The van der Waals surface area contributed by atoms with Crippen molar-refractivity contribution in [1.29, 1.82) is 0 Å². The van der Waals surface area contributed by atoms with Gasteiger partial charge in [0.25, 0.3) is 0 Å². The maximum Gasteiger partial charge on any atom is 0.308 e. The highest BCUT2D eigenvalue weighted by Gasteiger charge is 2.17. The first-order chi connectivity index (χ1) is 6.84. The van der Waals surface area contributed by atoms with E-state index in [0.29, 0.717) is 6.54 Å². The highest BCUT2D eigenvalue weighted by molar-refractivity contribution is 5.75. The van der Waals surface area contributed by atoms with Gasteiger partial charge in [0.05, 0.1) is 5.92 Å². The maximum atomic E-state index is 11.2. The molecule has 0 bridgehead atoms. The molecule has 15 heavy (non-hydrogen) atoms. The second kappa shape index (κ2) is 6.40. The van der Waals surface area contributed by atoms with E-state index in [1.54, 1.807) is 11.8 Å². The van der Waals surface area contributed by atoms with Gasteiger partial charge in [-0.25, -0.2) is 0 Å². The highest BCUT2D eigenvalue weighted by atomic mass is 16.4. The van der Waals surface area contributed by atoms with Gasteiger partial charge in [-0.1, -0.05) is 6.92 Å². The zero-order valence-electron chi connectivity index (χ0n) is 9.86. The van der Waals surface area contributed by atoms with Crippen LogP contribution in [0.3, 0.4) is 0 Å². The lowest BCUT2D eigenvalue weighted by Crippen LogP contribution is -2.39. The van der Waals surface area contributed by atoms with Crippen molar-refractivity contribution in [3.8, 4) is 0 Å². The quantitative estimate of drug-likeness (QED) is 0.685. The summed E-state index contributed by atoms with van der Waals surface area (Å²) >= 11 is 0. The Labute approximate surface area is 90.7 Å². The van der Waals surface area contributed by atoms with Gasteiger partial charge in [0, 0.05) is 26.6 Å². The van der Waals surface area contributed by atoms with Crippen LogP contribution in [0.1, 0.15) is 13.8 Å². The van der Waals surface area contributed by atoms with Crippen LogP contribution in [0, 0.1) is 5.92 Å². The number of hydrogen-bond acceptors (Lipinski definition) is 3. The first-order valence-corrected chi connectivity index (χ1v) is 4.97. The number of likely N-dealkylation sites (N-methyl/N-ethyl adjacent to an activating group) is 1. The van der Waals surface area contributed by atoms with Gasteiger partial charge in [-0.05, 0) is 14.1 Å². The van der Waals surface area contributed by atoms with Crippen LogP contribution >= 0.6 is 0 Å². The second-order valence-corrected chi connectivity index (χ2v) is 4.01. The second-order valence-electron chi connectivity index (χ2n) is 4.01. The summed E-state index contributed by atoms with van der Waals surface area (Å²) in [6, 6.07) is 0. The van der Waals surface area contributed by atoms with Crippen LogP contribution in [0.15, 0.2) is 0 Å². The SMILES string of the molecule is CC(=O)N(CCN(C)C)CC(C)C(=O)O. The molecule has 0 spiro atoms. The Balaban J connectivity index is 4.16. The summed E-state index contributed by atoms with van der Waals surface area (Å²) in [5, 5.41) is 8.74. The van der Waals surface area contributed by atoms with E-state index in [-0.39, 0.29) is 12.5 Å². The van der Waals surface area contributed by atoms with Crippen LogP contribution in [0.4, 0.5) is 0 Å². The Hall–Kier alpha value is -1.10. The minimum Gasteiger partial charge on any atom is -0.481 e. The molecule has 0 fully saturated rings. The zero-order valence-corrected chi connectivity index (χ0v) is 9.86. The van der Waals surface area contributed by atoms with Gasteiger partial charge < -0.3 is 14.9 Å². The Morgan fingerprint density at radius 3 is 2.13 bits per heavy atom. The molecule has 0 saturated carbocycles. The summed E-state index contributed by atoms with van der Waals surface area (Å²) in [7, 11) is 3.83. The molecule has 0 saturated heterocycles. The molecule has 1 N–H and O–H groups in total. The van der Waals surface area contributed by atoms with Gasteiger partial charge >= 0.3 is 5.97 Å². The molecule has 0 aromatic carbocycles. The van der Waals surface area contributed by atoms with Crippen LogP contribution in [0.2, 0.25) is 0 Å². The van der Waals surface area contributed by atoms with Crippen LogP contribution in [0.5, 0.6) is 0 Å². The molecule has 0 aliphatic rings. The van der Waals surface area contributed by atoms with Gasteiger partial charge in [0.15, 0.2) is 0 Å². The van der Waals surface area contributed by atoms with Gasteiger partial charge in [-0.2, -0.15) is 0 Å². The van der Waals surface area contributed by atoms with Crippen LogP contribution in [-0.2, 0) is 9.59 Å². The molecule has 1 unspecified atom stereocenters. The van der Waals surface area contributed by atoms with Crippen LogP contribution < -0.4 is 0 Å². The first kappa shape index (κ1) is 13.9. The van der Waals surface area contributed by atoms with Crippen molar-refractivity contribution in [2.24, 2.45) is 5.92 Å². The predicted molar refractivity (Wildman–Crippen MR) is 57.6 cm³/mol. The molecule has 0 rings (SSSR count). The standard InChI is InChI=1S/C10H20N2O3/c1-8(10(14)15)7-12(9(2)13)6-5-11(3)4/h8H,5-7H2,1-4H3,(H,14,15). The third-order valence-corrected chi connectivity index (χ3v) is 2.18. The van der Waals surface area contributed by atoms with Crippen molar-refractivity contribution in [3.05, 3.63) is 0 Å². The van der Waals surface area contributed by atoms with Crippen molar-refractivity contribution >= 4 is 11.9 Å². The Morgan fingerprint density at radius 1 is 1.27 bits per heavy atom. The van der Waals surface area contributed by atoms with Crippen molar-refractivity contribution in [2.45, 2.75) is 13.8 Å². The normalized spacial score (nSPS) is 12.6. The van der Waals surface area contributed by atoms with E-state index in [9.17, 15) is 9.59 Å². The van der Waals surface area contributed by atoms with E-state index in [2.05, 4.69) is 0 Å². The van der Waals surface area contributed by atoms with E-state index < -0.39 is 11.9 Å². The van der Waals surface area contributed by atoms with Crippen molar-refractivity contribution in [1.82, 2.24) is 9.80 Å². The fraction of sp³-hybridized carbons (Fsp3) is 0.800. The number of carbonyl (C=O) groups excluding carboxylic acids is 1. The summed E-state index contributed by atoms with van der Waals surface area (Å²) in [6.45, 7) is 4.66. The summed E-state index contributed by atoms with van der Waals surface area (Å²) in [5.41, 5.74) is 0. The lowest BCUT2D eigenvalue weighted by atomic mass is 10.1. The predicted octanol–water partition coefficient (Wildman–Crippen LogP) is 0.117. The molecule has 0 aromatic rings. The number of rotatable bonds is 6. The third kappa shape index (κ3) is 6.06. The molecule has 0 heterocycles. The summed E-state index contributed by atoms with van der Waals surface area (Å²) in [5.74, 6) is -1.47. The summed E-state index contributed by atoms with van der Waals surface area (Å²) in [6.07, 6.45) is 0. The number of hydrogen-bond donors (Lipinski definition) is 1. The molecule has 0 radical (unpaired) electrons. The fourth-order valence-corrected chi connectivity index (χ4v) is 1.11. The first-order valence-electron chi connectivity index (χ1n) is 4.97. The number of amides is 1. The number of carboxylic acid groups (broad SMARTS) is 1. The number of aliphatic carboxylic acids is 1. The Kier molecular flexibility index (Phi) is 5.93. The smallest absolute Gasteiger partial charge is 0.308 e. The van der Waals surface area contributed by atoms with E-state index in [0.717, 1.165) is 6.54 Å². The molecule has 1 atom stereocenters. The number of nitrogens with zero attached hydrogens (tertiary/aromatic N) is 2. The molecular formula is C10H20N2O3. The molecular weight excluding hydrogens is 196 g/mol. The lowest BCUT2D eigenvalue weighted by Gasteiger charge is -2.24. The molecule has 5 nitrogen and oxygen atoms in total. The number of carbonyl (C=O) groups is 2. The van der Waals surface area contributed by atoms with E-state index in [1.807, 2.05) is 19.0 Å². The van der Waals surface area contributed by atoms with E-state index >= 15 is 0 Å². The van der Waals surface area contributed by atoms with Crippen LogP contribution in [0.25, 0.3) is 0 Å². The fourth-order valence-electron chi connectivity index (χ4n) is 1.11. The largest absolute Gasteiger partial charge is 0.481 e. The summed E-state index contributed by atoms with van der Waals surface area (Å²) < 4.78 is 0. The summed E-state index contributed by atoms with van der Waals surface area (Å²) in [4.78, 5) is 25.4. The lowest BCUT2D eigenvalue weighted by molar-refractivity contribution is -0.142. The van der Waals surface area contributed by atoms with Crippen molar-refractivity contribution in [2.75, 3.05) is 33.7 Å². The topological polar surface area (TPSA) is 60.9 Å². The Bertz CT molecular complexity index is 229. The molecule has 0 aliphatic heterocycles. The average Bonchev–Trinajstić information content (AvgIpc) is 2.10. The molecule has 5 heteroatoms. The zero-order chi connectivity index (χ0) is 12.0. The van der Waals surface area contributed by atoms with Gasteiger partial charge in [-0.3, -0.25) is 9.59 Å². The van der Waals surface area contributed by atoms with E-state index in [4.69, 9.17) is 5.11 Å². The average molecular weight is 216 g/mol. The highest BCUT2D eigenvalue weighted by Crippen LogP contribution is 2.01. The third-order valence-electron chi connectivity index (χ3n) is 2.18. The van der Waals surface area contributed by atoms with Crippen molar-refractivity contribution < 1.29 is 14.7 Å². The molecule has 0 aromatic heterocycles. The molecule has 0 aliphatic carbocycles. The van der Waals surface area contributed by atoms with Crippen LogP contribution in [-0.4, -0.2) is 60.5 Å². The minimum absolute atomic E-state index is 0.0787. The van der Waals surface area contributed by atoms with Gasteiger partial charge in [0.1, 0.15) is 0 Å². The molecule has 1 amide bonds. The van der Waals surface area contributed by atoms with E-state index in [1.165, 1.54) is 6.92 Å². The van der Waals surface area contributed by atoms with Crippen molar-refractivity contribution in [3.63, 3.8) is 0 Å². The van der Waals surface area contributed by atoms with Gasteiger partial charge in [-0.15, -0.1) is 0 Å². The molecule has 88 valence electrons.